The van der Waals surface area contributed by atoms with Crippen LogP contribution in [0.25, 0.3) is 5.69 Å². The van der Waals surface area contributed by atoms with Crippen molar-refractivity contribution in [2.75, 3.05) is 26.2 Å². The Bertz CT molecular complexity index is 751. The maximum absolute atomic E-state index is 13.8. The molecule has 2 amide bonds. The molecule has 3 heterocycles. The van der Waals surface area contributed by atoms with Crippen molar-refractivity contribution in [2.24, 2.45) is 0 Å². The van der Waals surface area contributed by atoms with Gasteiger partial charge in [0.15, 0.2) is 11.6 Å². The van der Waals surface area contributed by atoms with Crippen LogP contribution in [0.3, 0.4) is 0 Å². The molecule has 0 unspecified atom stereocenters. The molecule has 0 spiro atoms. The second-order valence-electron chi connectivity index (χ2n) is 6.10. The summed E-state index contributed by atoms with van der Waals surface area (Å²) in [6.07, 6.45) is 1.56. The second kappa shape index (κ2) is 5.86. The third-order valence-electron chi connectivity index (χ3n) is 4.47. The van der Waals surface area contributed by atoms with E-state index in [1.165, 1.54) is 22.9 Å². The molecule has 1 aromatic carbocycles. The fourth-order valence-electron chi connectivity index (χ4n) is 3.21. The second-order valence-corrected chi connectivity index (χ2v) is 6.10. The van der Waals surface area contributed by atoms with Gasteiger partial charge in [-0.15, -0.1) is 0 Å². The number of aromatic nitrogens is 2. The molecule has 2 aromatic rings. The molecule has 0 saturated carbocycles. The van der Waals surface area contributed by atoms with Crippen molar-refractivity contribution in [3.8, 4) is 5.69 Å². The molecule has 2 aliphatic rings. The third kappa shape index (κ3) is 2.62. The van der Waals surface area contributed by atoms with E-state index in [0.29, 0.717) is 13.1 Å². The van der Waals surface area contributed by atoms with Crippen LogP contribution < -0.4 is 5.32 Å². The summed E-state index contributed by atoms with van der Waals surface area (Å²) in [7, 11) is 0. The molecule has 0 atom stereocenters. The minimum atomic E-state index is -0.645. The highest BCUT2D eigenvalue weighted by Gasteiger charge is 2.36. The van der Waals surface area contributed by atoms with E-state index >= 15 is 0 Å². The average molecular weight is 333 g/mol. The van der Waals surface area contributed by atoms with E-state index in [9.17, 15) is 13.6 Å². The van der Waals surface area contributed by atoms with Crippen molar-refractivity contribution in [1.29, 1.82) is 0 Å². The number of halogens is 2. The van der Waals surface area contributed by atoms with Crippen LogP contribution in [0.15, 0.2) is 30.5 Å². The molecular formula is C16H17F2N5O. The first-order valence-corrected chi connectivity index (χ1v) is 7.87. The molecule has 6 nitrogen and oxygen atoms in total. The first-order valence-electron chi connectivity index (χ1n) is 7.87. The minimum absolute atomic E-state index is 0.000967. The Morgan fingerprint density at radius 2 is 1.96 bits per heavy atom. The number of para-hydroxylation sites is 1. The smallest absolute Gasteiger partial charge is 0.317 e. The first-order chi connectivity index (χ1) is 11.6. The molecule has 126 valence electrons. The molecule has 2 saturated heterocycles. The lowest BCUT2D eigenvalue weighted by Gasteiger charge is -2.43. The van der Waals surface area contributed by atoms with Gasteiger partial charge in [0.2, 0.25) is 0 Å². The Hall–Kier alpha value is -2.48. The number of urea groups is 1. The van der Waals surface area contributed by atoms with Crippen molar-refractivity contribution < 1.29 is 13.6 Å². The van der Waals surface area contributed by atoms with Crippen molar-refractivity contribution in [2.45, 2.75) is 12.6 Å². The fourth-order valence-corrected chi connectivity index (χ4v) is 3.21. The molecule has 2 fully saturated rings. The summed E-state index contributed by atoms with van der Waals surface area (Å²) in [5.41, 5.74) is 0.570. The van der Waals surface area contributed by atoms with Gasteiger partial charge in [-0.1, -0.05) is 6.07 Å². The van der Waals surface area contributed by atoms with Crippen LogP contribution in [0, 0.1) is 11.6 Å². The summed E-state index contributed by atoms with van der Waals surface area (Å²) >= 11 is 0. The van der Waals surface area contributed by atoms with E-state index in [4.69, 9.17) is 0 Å². The summed E-state index contributed by atoms with van der Waals surface area (Å²) in [5.74, 6) is -1.29. The van der Waals surface area contributed by atoms with Crippen molar-refractivity contribution in [3.05, 3.63) is 47.8 Å². The molecule has 1 aromatic heterocycles. The highest BCUT2D eigenvalue weighted by Crippen LogP contribution is 2.20. The predicted molar refractivity (Wildman–Crippen MR) is 82.6 cm³/mol. The standard InChI is InChI=1S/C16H17F2N5O/c17-13-2-1-3-14(18)15(13)23-6-4-11(20-23)8-21-9-12(10-21)22-7-5-19-16(22)24/h1-4,6,12H,5,7-10H2,(H,19,24). The van der Waals surface area contributed by atoms with Gasteiger partial charge in [-0.2, -0.15) is 5.10 Å². The topological polar surface area (TPSA) is 53.4 Å². The molecule has 24 heavy (non-hydrogen) atoms. The molecule has 2 aliphatic heterocycles. The van der Waals surface area contributed by atoms with Gasteiger partial charge >= 0.3 is 6.03 Å². The number of benzene rings is 1. The van der Waals surface area contributed by atoms with Gasteiger partial charge in [0.25, 0.3) is 0 Å². The van der Waals surface area contributed by atoms with Gasteiger partial charge in [-0.3, -0.25) is 4.90 Å². The third-order valence-corrected chi connectivity index (χ3v) is 4.47. The zero-order chi connectivity index (χ0) is 16.7. The number of rotatable bonds is 4. The van der Waals surface area contributed by atoms with Gasteiger partial charge in [0, 0.05) is 38.9 Å². The Balaban J connectivity index is 1.39. The molecular weight excluding hydrogens is 316 g/mol. The number of likely N-dealkylation sites (tertiary alicyclic amines) is 1. The van der Waals surface area contributed by atoms with Gasteiger partial charge in [-0.25, -0.2) is 18.3 Å². The molecule has 1 N–H and O–H groups in total. The van der Waals surface area contributed by atoms with Gasteiger partial charge < -0.3 is 10.2 Å². The maximum atomic E-state index is 13.8. The monoisotopic (exact) mass is 333 g/mol. The number of amides is 2. The number of carbonyl (C=O) groups excluding carboxylic acids is 1. The van der Waals surface area contributed by atoms with Gasteiger partial charge in [-0.05, 0) is 18.2 Å². The lowest BCUT2D eigenvalue weighted by Crippen LogP contribution is -2.59. The number of nitrogens with zero attached hydrogens (tertiary/aromatic N) is 4. The largest absolute Gasteiger partial charge is 0.336 e. The van der Waals surface area contributed by atoms with Crippen LogP contribution in [-0.4, -0.2) is 57.8 Å². The van der Waals surface area contributed by atoms with Gasteiger partial charge in [0.05, 0.1) is 11.7 Å². The normalized spacial score (nSPS) is 18.8. The first kappa shape index (κ1) is 15.1. The number of hydrogen-bond donors (Lipinski definition) is 1. The van der Waals surface area contributed by atoms with Crippen molar-refractivity contribution >= 4 is 6.03 Å². The predicted octanol–water partition coefficient (Wildman–Crippen LogP) is 1.36. The molecule has 8 heteroatoms. The van der Waals surface area contributed by atoms with Crippen molar-refractivity contribution in [1.82, 2.24) is 24.9 Å². The average Bonchev–Trinajstić information content (AvgIpc) is 3.12. The number of nitrogens with one attached hydrogen (secondary N) is 1. The highest BCUT2D eigenvalue weighted by atomic mass is 19.1. The number of hydrogen-bond acceptors (Lipinski definition) is 3. The van der Waals surface area contributed by atoms with E-state index in [2.05, 4.69) is 15.3 Å². The van der Waals surface area contributed by atoms with Crippen LogP contribution in [0.2, 0.25) is 0 Å². The molecule has 0 bridgehead atoms. The van der Waals surface area contributed by atoms with E-state index < -0.39 is 11.6 Å². The summed E-state index contributed by atoms with van der Waals surface area (Å²) in [6, 6.07) is 5.73. The van der Waals surface area contributed by atoms with Crippen LogP contribution >= 0.6 is 0 Å². The summed E-state index contributed by atoms with van der Waals surface area (Å²) in [6.45, 7) is 3.62. The Kier molecular flexibility index (Phi) is 3.68. The highest BCUT2D eigenvalue weighted by molar-refractivity contribution is 5.76. The Morgan fingerprint density at radius 3 is 2.62 bits per heavy atom. The van der Waals surface area contributed by atoms with Crippen LogP contribution in [0.5, 0.6) is 0 Å². The fraction of sp³-hybridized carbons (Fsp3) is 0.375. The van der Waals surface area contributed by atoms with Crippen LogP contribution in [0.4, 0.5) is 13.6 Å². The zero-order valence-corrected chi connectivity index (χ0v) is 13.0. The van der Waals surface area contributed by atoms with Crippen LogP contribution in [-0.2, 0) is 6.54 Å². The SMILES string of the molecule is O=C1NCCN1C1CN(Cc2ccn(-c3c(F)cccc3F)n2)C1. The van der Waals surface area contributed by atoms with E-state index in [1.807, 2.05) is 4.90 Å². The quantitative estimate of drug-likeness (QED) is 0.919. The summed E-state index contributed by atoms with van der Waals surface area (Å²) < 4.78 is 28.8. The lowest BCUT2D eigenvalue weighted by atomic mass is 10.1. The maximum Gasteiger partial charge on any atom is 0.317 e. The summed E-state index contributed by atoms with van der Waals surface area (Å²) in [5, 5.41) is 7.06. The Morgan fingerprint density at radius 1 is 1.21 bits per heavy atom. The summed E-state index contributed by atoms with van der Waals surface area (Å²) in [4.78, 5) is 15.6. The molecule has 0 aliphatic carbocycles. The zero-order valence-electron chi connectivity index (χ0n) is 13.0. The van der Waals surface area contributed by atoms with Crippen molar-refractivity contribution in [3.63, 3.8) is 0 Å². The lowest BCUT2D eigenvalue weighted by molar-refractivity contribution is 0.0578. The Labute approximate surface area is 137 Å². The van der Waals surface area contributed by atoms with Gasteiger partial charge in [0.1, 0.15) is 5.69 Å². The molecule has 4 rings (SSSR count). The van der Waals surface area contributed by atoms with Crippen LogP contribution in [0.1, 0.15) is 5.69 Å². The van der Waals surface area contributed by atoms with E-state index in [1.54, 1.807) is 12.3 Å². The number of carbonyl (C=O) groups is 1. The molecule has 0 radical (unpaired) electrons. The van der Waals surface area contributed by atoms with E-state index in [0.717, 1.165) is 25.3 Å². The van der Waals surface area contributed by atoms with E-state index in [-0.39, 0.29) is 17.8 Å². The minimum Gasteiger partial charge on any atom is -0.336 e.